The first-order valence-electron chi connectivity index (χ1n) is 10.2. The van der Waals surface area contributed by atoms with Gasteiger partial charge in [0.15, 0.2) is 5.13 Å². The monoisotopic (exact) mass is 438 g/mol. The highest BCUT2D eigenvalue weighted by Crippen LogP contribution is 2.31. The predicted octanol–water partition coefficient (Wildman–Crippen LogP) is 5.16. The van der Waals surface area contributed by atoms with Gasteiger partial charge < -0.3 is 4.74 Å². The largest absolute Gasteiger partial charge is 0.494 e. The molecule has 2 aromatic carbocycles. The van der Waals surface area contributed by atoms with E-state index >= 15 is 0 Å². The van der Waals surface area contributed by atoms with Crippen molar-refractivity contribution in [2.75, 3.05) is 18.1 Å². The minimum Gasteiger partial charge on any atom is -0.494 e. The molecule has 4 rings (SSSR count). The van der Waals surface area contributed by atoms with Gasteiger partial charge >= 0.3 is 0 Å². The van der Waals surface area contributed by atoms with Gasteiger partial charge in [0.05, 0.1) is 17.9 Å². The van der Waals surface area contributed by atoms with E-state index in [0.717, 1.165) is 12.8 Å². The topological polar surface area (TPSA) is 60.2 Å². The van der Waals surface area contributed by atoms with Gasteiger partial charge in [-0.1, -0.05) is 36.8 Å². The molecule has 0 fully saturated rings. The Morgan fingerprint density at radius 3 is 2.87 bits per heavy atom. The fraction of sp³-hybridized carbons (Fsp3) is 0.261. The van der Waals surface area contributed by atoms with Crippen LogP contribution in [-0.4, -0.2) is 33.8 Å². The summed E-state index contributed by atoms with van der Waals surface area (Å²) >= 11 is 1.29. The second-order valence-electron chi connectivity index (χ2n) is 7.04. The lowest BCUT2D eigenvalue weighted by molar-refractivity contribution is 0.0985. The number of hydrogen-bond donors (Lipinski definition) is 0. The van der Waals surface area contributed by atoms with Gasteiger partial charge in [0.2, 0.25) is 0 Å². The molecule has 0 atom stereocenters. The maximum atomic E-state index is 14.2. The summed E-state index contributed by atoms with van der Waals surface area (Å²) in [6.07, 6.45) is 5.51. The Labute approximate surface area is 183 Å². The van der Waals surface area contributed by atoms with E-state index in [1.807, 2.05) is 18.3 Å². The average Bonchev–Trinajstić information content (AvgIpc) is 3.45. The van der Waals surface area contributed by atoms with Gasteiger partial charge in [-0.3, -0.25) is 14.4 Å². The van der Waals surface area contributed by atoms with E-state index in [1.54, 1.807) is 46.1 Å². The second-order valence-corrected chi connectivity index (χ2v) is 8.05. The zero-order valence-electron chi connectivity index (χ0n) is 17.2. The molecule has 0 saturated heterocycles. The molecule has 0 unspecified atom stereocenters. The normalized spacial score (nSPS) is 11.0. The number of rotatable bonds is 9. The maximum Gasteiger partial charge on any atom is 0.260 e. The van der Waals surface area contributed by atoms with E-state index in [2.05, 4.69) is 17.0 Å². The third-order valence-corrected chi connectivity index (χ3v) is 5.84. The van der Waals surface area contributed by atoms with E-state index in [1.165, 1.54) is 17.4 Å². The number of fused-ring (bicyclic) bond motifs is 1. The van der Waals surface area contributed by atoms with Crippen LogP contribution in [0.5, 0.6) is 5.75 Å². The number of amides is 1. The lowest BCUT2D eigenvalue weighted by Gasteiger charge is -2.20. The van der Waals surface area contributed by atoms with Crippen molar-refractivity contribution in [3.8, 4) is 5.75 Å². The highest BCUT2D eigenvalue weighted by molar-refractivity contribution is 7.22. The number of carbonyl (C=O) groups is 1. The van der Waals surface area contributed by atoms with E-state index in [4.69, 9.17) is 4.74 Å². The highest BCUT2D eigenvalue weighted by atomic mass is 32.1. The molecular formula is C23H23FN4O2S. The molecule has 0 radical (unpaired) electrons. The Balaban J connectivity index is 1.63. The number of nitrogens with zero attached hydrogens (tertiary/aromatic N) is 4. The summed E-state index contributed by atoms with van der Waals surface area (Å²) in [5.74, 6) is 0.0417. The van der Waals surface area contributed by atoms with Gasteiger partial charge in [0.1, 0.15) is 17.1 Å². The first-order chi connectivity index (χ1) is 15.2. The third kappa shape index (κ3) is 4.91. The standard InChI is InChI=1S/C23H23FN4O2S/c1-2-3-15-30-18-8-4-7-17(16-18)22(29)28(14-13-27-12-6-11-25-27)23-26-21-19(24)9-5-10-20(21)31-23/h4-12,16H,2-3,13-15H2,1H3. The lowest BCUT2D eigenvalue weighted by Crippen LogP contribution is -2.34. The van der Waals surface area contributed by atoms with Crippen molar-refractivity contribution in [1.29, 1.82) is 0 Å². The molecule has 0 spiro atoms. The molecule has 8 heteroatoms. The molecule has 160 valence electrons. The highest BCUT2D eigenvalue weighted by Gasteiger charge is 2.22. The van der Waals surface area contributed by atoms with Crippen molar-refractivity contribution < 1.29 is 13.9 Å². The summed E-state index contributed by atoms with van der Waals surface area (Å²) in [5.41, 5.74) is 0.769. The van der Waals surface area contributed by atoms with Crippen LogP contribution in [0.3, 0.4) is 0 Å². The van der Waals surface area contributed by atoms with Crippen LogP contribution in [0.1, 0.15) is 30.1 Å². The number of ether oxygens (including phenoxy) is 1. The fourth-order valence-electron chi connectivity index (χ4n) is 3.15. The smallest absolute Gasteiger partial charge is 0.260 e. The number of aromatic nitrogens is 3. The van der Waals surface area contributed by atoms with Crippen LogP contribution in [0.2, 0.25) is 0 Å². The van der Waals surface area contributed by atoms with Gasteiger partial charge in [0.25, 0.3) is 5.91 Å². The van der Waals surface area contributed by atoms with Crippen LogP contribution >= 0.6 is 11.3 Å². The molecule has 31 heavy (non-hydrogen) atoms. The first-order valence-corrected chi connectivity index (χ1v) is 11.0. The number of benzene rings is 2. The predicted molar refractivity (Wildman–Crippen MR) is 120 cm³/mol. The maximum absolute atomic E-state index is 14.2. The Hall–Kier alpha value is -3.26. The zero-order chi connectivity index (χ0) is 21.6. The minimum absolute atomic E-state index is 0.215. The fourth-order valence-corrected chi connectivity index (χ4v) is 4.15. The number of hydrogen-bond acceptors (Lipinski definition) is 5. The second kappa shape index (κ2) is 9.70. The van der Waals surface area contributed by atoms with Crippen molar-refractivity contribution in [3.63, 3.8) is 0 Å². The molecule has 0 bridgehead atoms. The zero-order valence-corrected chi connectivity index (χ0v) is 18.0. The van der Waals surface area contributed by atoms with Crippen LogP contribution in [0.25, 0.3) is 10.2 Å². The molecule has 1 amide bonds. The van der Waals surface area contributed by atoms with E-state index in [9.17, 15) is 9.18 Å². The summed E-state index contributed by atoms with van der Waals surface area (Å²) in [4.78, 5) is 19.5. The number of para-hydroxylation sites is 1. The SMILES string of the molecule is CCCCOc1cccc(C(=O)N(CCn2cccn2)c2nc3c(F)cccc3s2)c1. The van der Waals surface area contributed by atoms with Crippen molar-refractivity contribution in [1.82, 2.24) is 14.8 Å². The first kappa shape index (κ1) is 21.0. The van der Waals surface area contributed by atoms with Crippen LogP contribution in [0.15, 0.2) is 60.9 Å². The molecule has 2 aromatic heterocycles. The molecule has 6 nitrogen and oxygen atoms in total. The van der Waals surface area contributed by atoms with Gasteiger partial charge in [-0.25, -0.2) is 9.37 Å². The Kier molecular flexibility index (Phi) is 6.57. The lowest BCUT2D eigenvalue weighted by atomic mass is 10.2. The van der Waals surface area contributed by atoms with Gasteiger partial charge in [-0.2, -0.15) is 5.10 Å². The van der Waals surface area contributed by atoms with Gasteiger partial charge in [0, 0.05) is 24.5 Å². The average molecular weight is 439 g/mol. The molecule has 0 aliphatic heterocycles. The molecule has 0 aliphatic rings. The third-order valence-electron chi connectivity index (χ3n) is 4.79. The van der Waals surface area contributed by atoms with Crippen LogP contribution in [0.4, 0.5) is 9.52 Å². The van der Waals surface area contributed by atoms with Crippen molar-refractivity contribution in [3.05, 3.63) is 72.3 Å². The summed E-state index contributed by atoms with van der Waals surface area (Å²) in [6, 6.07) is 13.8. The summed E-state index contributed by atoms with van der Waals surface area (Å²) < 4.78 is 22.4. The number of anilines is 1. The van der Waals surface area contributed by atoms with Crippen molar-refractivity contribution in [2.45, 2.75) is 26.3 Å². The molecule has 0 saturated carbocycles. The van der Waals surface area contributed by atoms with Gasteiger partial charge in [-0.05, 0) is 42.8 Å². The van der Waals surface area contributed by atoms with Gasteiger partial charge in [-0.15, -0.1) is 0 Å². The molecule has 0 aliphatic carbocycles. The number of carbonyl (C=O) groups excluding carboxylic acids is 1. The van der Waals surface area contributed by atoms with E-state index < -0.39 is 5.82 Å². The Morgan fingerprint density at radius 1 is 1.23 bits per heavy atom. The number of unbranched alkanes of at least 4 members (excludes halogenated alkanes) is 1. The van der Waals surface area contributed by atoms with E-state index in [0.29, 0.717) is 40.8 Å². The quantitative estimate of drug-likeness (QED) is 0.339. The van der Waals surface area contributed by atoms with Crippen molar-refractivity contribution in [2.24, 2.45) is 0 Å². The van der Waals surface area contributed by atoms with Crippen molar-refractivity contribution >= 4 is 32.6 Å². The molecular weight excluding hydrogens is 415 g/mol. The Bertz CT molecular complexity index is 1160. The number of halogens is 1. The molecule has 0 N–H and O–H groups in total. The summed E-state index contributed by atoms with van der Waals surface area (Å²) in [6.45, 7) is 3.54. The number of thiazole rings is 1. The molecule has 4 aromatic rings. The van der Waals surface area contributed by atoms with Crippen LogP contribution in [0, 0.1) is 5.82 Å². The van der Waals surface area contributed by atoms with Crippen LogP contribution < -0.4 is 9.64 Å². The summed E-state index contributed by atoms with van der Waals surface area (Å²) in [7, 11) is 0. The molecule has 2 heterocycles. The Morgan fingerprint density at radius 2 is 2.10 bits per heavy atom. The van der Waals surface area contributed by atoms with Crippen LogP contribution in [-0.2, 0) is 6.54 Å². The summed E-state index contributed by atoms with van der Waals surface area (Å²) in [5, 5.41) is 4.66. The van der Waals surface area contributed by atoms with E-state index in [-0.39, 0.29) is 11.4 Å². The minimum atomic E-state index is -0.397.